The van der Waals surface area contributed by atoms with Crippen LogP contribution in [0.4, 0.5) is 18.0 Å². The second kappa shape index (κ2) is 7.37. The molecule has 2 aromatic carbocycles. The first-order chi connectivity index (χ1) is 12.4. The summed E-state index contributed by atoms with van der Waals surface area (Å²) in [5, 5.41) is 20.3. The molecule has 0 saturated carbocycles. The molecule has 138 valence electrons. The summed E-state index contributed by atoms with van der Waals surface area (Å²) >= 11 is 0. The number of nitrogens with zero attached hydrogens (tertiary/aromatic N) is 1. The fourth-order valence-electron chi connectivity index (χ4n) is 3.60. The van der Waals surface area contributed by atoms with Gasteiger partial charge in [-0.2, -0.15) is 0 Å². The summed E-state index contributed by atoms with van der Waals surface area (Å²) in [6.45, 7) is 0.263. The van der Waals surface area contributed by atoms with Crippen LogP contribution in [0.2, 0.25) is 0 Å². The van der Waals surface area contributed by atoms with Crippen LogP contribution < -0.4 is 0 Å². The summed E-state index contributed by atoms with van der Waals surface area (Å²) in [5.74, 6) is -3.71. The van der Waals surface area contributed by atoms with Crippen molar-refractivity contribution in [2.24, 2.45) is 0 Å². The lowest BCUT2D eigenvalue weighted by atomic mass is 9.82. The third kappa shape index (κ3) is 3.39. The summed E-state index contributed by atoms with van der Waals surface area (Å²) in [6, 6.07) is 7.96. The third-order valence-corrected chi connectivity index (χ3v) is 4.83. The van der Waals surface area contributed by atoms with E-state index in [4.69, 9.17) is 0 Å². The molecule has 1 fully saturated rings. The van der Waals surface area contributed by atoms with Gasteiger partial charge in [-0.05, 0) is 36.6 Å². The molecule has 0 bridgehead atoms. The Morgan fingerprint density at radius 2 is 1.81 bits per heavy atom. The van der Waals surface area contributed by atoms with Crippen LogP contribution in [0.3, 0.4) is 0 Å². The first kappa shape index (κ1) is 18.3. The standard InChI is InChI=1S/C19H18F3NO3/c20-12-8-6-11(7-9-12)16(13-3-1-4-14(21)17(13)22)18(24)15-5-2-10-23(15)19(25)26/h1,3-4,6-9,15-16,18,24H,2,5,10H2,(H,25,26)/t15-,16?,18?/m1/s1. The van der Waals surface area contributed by atoms with Gasteiger partial charge in [-0.1, -0.05) is 24.3 Å². The summed E-state index contributed by atoms with van der Waals surface area (Å²) < 4.78 is 41.5. The topological polar surface area (TPSA) is 60.8 Å². The molecule has 0 aliphatic carbocycles. The minimum absolute atomic E-state index is 0.0960. The Bertz CT molecular complexity index is 797. The quantitative estimate of drug-likeness (QED) is 0.868. The van der Waals surface area contributed by atoms with E-state index < -0.39 is 41.6 Å². The van der Waals surface area contributed by atoms with E-state index in [0.29, 0.717) is 18.4 Å². The third-order valence-electron chi connectivity index (χ3n) is 4.83. The summed E-state index contributed by atoms with van der Waals surface area (Å²) in [4.78, 5) is 12.5. The lowest BCUT2D eigenvalue weighted by Gasteiger charge is -2.32. The van der Waals surface area contributed by atoms with Gasteiger partial charge in [0.2, 0.25) is 0 Å². The van der Waals surface area contributed by atoms with Gasteiger partial charge in [0.15, 0.2) is 11.6 Å². The van der Waals surface area contributed by atoms with Gasteiger partial charge in [-0.25, -0.2) is 18.0 Å². The largest absolute Gasteiger partial charge is 0.465 e. The minimum Gasteiger partial charge on any atom is -0.465 e. The van der Waals surface area contributed by atoms with Gasteiger partial charge >= 0.3 is 6.09 Å². The SMILES string of the molecule is O=C(O)N1CCC[C@@H]1C(O)C(c1ccc(F)cc1)c1cccc(F)c1F. The number of halogens is 3. The monoisotopic (exact) mass is 365 g/mol. The van der Waals surface area contributed by atoms with Crippen LogP contribution in [0.25, 0.3) is 0 Å². The van der Waals surface area contributed by atoms with Gasteiger partial charge in [0.25, 0.3) is 0 Å². The van der Waals surface area contributed by atoms with Gasteiger partial charge in [-0.3, -0.25) is 0 Å². The molecule has 2 aromatic rings. The molecule has 1 aliphatic rings. The van der Waals surface area contributed by atoms with E-state index in [0.717, 1.165) is 23.1 Å². The molecule has 0 radical (unpaired) electrons. The Morgan fingerprint density at radius 1 is 1.12 bits per heavy atom. The summed E-state index contributed by atoms with van der Waals surface area (Å²) in [5.41, 5.74) is 0.280. The molecule has 1 amide bonds. The van der Waals surface area contributed by atoms with Crippen LogP contribution in [-0.2, 0) is 0 Å². The number of benzene rings is 2. The molecule has 26 heavy (non-hydrogen) atoms. The van der Waals surface area contributed by atoms with E-state index in [9.17, 15) is 28.2 Å². The average molecular weight is 365 g/mol. The number of carboxylic acid groups (broad SMARTS) is 1. The Morgan fingerprint density at radius 3 is 2.46 bits per heavy atom. The number of hydrogen-bond donors (Lipinski definition) is 2. The van der Waals surface area contributed by atoms with E-state index >= 15 is 0 Å². The van der Waals surface area contributed by atoms with Crippen molar-refractivity contribution < 1.29 is 28.2 Å². The zero-order valence-electron chi connectivity index (χ0n) is 13.8. The minimum atomic E-state index is -1.31. The summed E-state index contributed by atoms with van der Waals surface area (Å²) in [7, 11) is 0. The molecule has 0 spiro atoms. The van der Waals surface area contributed by atoms with Crippen molar-refractivity contribution in [3.05, 3.63) is 71.0 Å². The number of hydrogen-bond acceptors (Lipinski definition) is 2. The Kier molecular flexibility index (Phi) is 5.18. The van der Waals surface area contributed by atoms with Crippen molar-refractivity contribution in [1.82, 2.24) is 4.90 Å². The molecular weight excluding hydrogens is 347 g/mol. The first-order valence-corrected chi connectivity index (χ1v) is 8.27. The van der Waals surface area contributed by atoms with E-state index in [1.165, 1.54) is 24.3 Å². The van der Waals surface area contributed by atoms with Crippen LogP contribution in [0.5, 0.6) is 0 Å². The zero-order valence-corrected chi connectivity index (χ0v) is 13.8. The number of carbonyl (C=O) groups is 1. The predicted molar refractivity (Wildman–Crippen MR) is 88.4 cm³/mol. The lowest BCUT2D eigenvalue weighted by Crippen LogP contribution is -2.45. The van der Waals surface area contributed by atoms with Gasteiger partial charge in [0.1, 0.15) is 5.82 Å². The second-order valence-electron chi connectivity index (χ2n) is 6.35. The highest BCUT2D eigenvalue weighted by Crippen LogP contribution is 2.36. The average Bonchev–Trinajstić information content (AvgIpc) is 3.10. The molecule has 2 unspecified atom stereocenters. The van der Waals surface area contributed by atoms with Crippen molar-refractivity contribution in [1.29, 1.82) is 0 Å². The Labute approximate surface area is 148 Å². The Balaban J connectivity index is 2.07. The highest BCUT2D eigenvalue weighted by Gasteiger charge is 2.40. The number of rotatable bonds is 4. The normalized spacial score (nSPS) is 19.4. The summed E-state index contributed by atoms with van der Waals surface area (Å²) in [6.07, 6.45) is -1.52. The maximum atomic E-state index is 14.4. The Hall–Kier alpha value is -2.54. The molecular formula is C19H18F3NO3. The van der Waals surface area contributed by atoms with Crippen molar-refractivity contribution in [2.75, 3.05) is 6.54 Å². The van der Waals surface area contributed by atoms with Crippen LogP contribution in [-0.4, -0.2) is 39.9 Å². The van der Waals surface area contributed by atoms with Gasteiger partial charge in [0, 0.05) is 18.0 Å². The van der Waals surface area contributed by atoms with Crippen molar-refractivity contribution in [3.8, 4) is 0 Å². The fraction of sp³-hybridized carbons (Fsp3) is 0.316. The van der Waals surface area contributed by atoms with Gasteiger partial charge in [-0.15, -0.1) is 0 Å². The van der Waals surface area contributed by atoms with E-state index in [-0.39, 0.29) is 12.1 Å². The van der Waals surface area contributed by atoms with Crippen molar-refractivity contribution >= 4 is 6.09 Å². The molecule has 4 nitrogen and oxygen atoms in total. The van der Waals surface area contributed by atoms with Crippen LogP contribution in [0, 0.1) is 17.5 Å². The van der Waals surface area contributed by atoms with Crippen molar-refractivity contribution in [3.63, 3.8) is 0 Å². The molecule has 7 heteroatoms. The van der Waals surface area contributed by atoms with Gasteiger partial charge < -0.3 is 15.1 Å². The maximum Gasteiger partial charge on any atom is 0.407 e. The molecule has 1 aliphatic heterocycles. The van der Waals surface area contributed by atoms with E-state index in [2.05, 4.69) is 0 Å². The molecule has 0 aromatic heterocycles. The molecule has 1 heterocycles. The lowest BCUT2D eigenvalue weighted by molar-refractivity contribution is 0.0575. The highest BCUT2D eigenvalue weighted by molar-refractivity contribution is 5.66. The molecule has 3 rings (SSSR count). The van der Waals surface area contributed by atoms with E-state index in [1.807, 2.05) is 0 Å². The number of aliphatic hydroxyl groups excluding tert-OH is 1. The second-order valence-corrected chi connectivity index (χ2v) is 6.35. The van der Waals surface area contributed by atoms with Crippen molar-refractivity contribution in [2.45, 2.75) is 30.9 Å². The fourth-order valence-corrected chi connectivity index (χ4v) is 3.60. The number of aliphatic hydroxyl groups is 1. The zero-order chi connectivity index (χ0) is 18.8. The predicted octanol–water partition coefficient (Wildman–Crippen LogP) is 3.74. The van der Waals surface area contributed by atoms with E-state index in [1.54, 1.807) is 0 Å². The first-order valence-electron chi connectivity index (χ1n) is 8.27. The van der Waals surface area contributed by atoms with Gasteiger partial charge in [0.05, 0.1) is 12.1 Å². The van der Waals surface area contributed by atoms with Crippen LogP contribution in [0.1, 0.15) is 29.9 Å². The smallest absolute Gasteiger partial charge is 0.407 e. The molecule has 1 saturated heterocycles. The maximum absolute atomic E-state index is 14.4. The number of amides is 1. The highest BCUT2D eigenvalue weighted by atomic mass is 19.2. The molecule has 3 atom stereocenters. The van der Waals surface area contributed by atoms with Crippen LogP contribution >= 0.6 is 0 Å². The molecule has 2 N–H and O–H groups in total. The number of likely N-dealkylation sites (tertiary alicyclic amines) is 1. The van der Waals surface area contributed by atoms with Crippen LogP contribution in [0.15, 0.2) is 42.5 Å².